The fourth-order valence-electron chi connectivity index (χ4n) is 1.56. The second kappa shape index (κ2) is 6.16. The van der Waals surface area contributed by atoms with Gasteiger partial charge in [-0.2, -0.15) is 0 Å². The summed E-state index contributed by atoms with van der Waals surface area (Å²) in [5, 5.41) is 18.9. The molecule has 1 rings (SSSR count). The van der Waals surface area contributed by atoms with E-state index >= 15 is 0 Å². The Kier molecular flexibility index (Phi) is 5.11. The van der Waals surface area contributed by atoms with Crippen LogP contribution >= 0.6 is 23.2 Å². The van der Waals surface area contributed by atoms with Gasteiger partial charge < -0.3 is 14.9 Å². The van der Waals surface area contributed by atoms with Crippen LogP contribution in [0.15, 0.2) is 0 Å². The number of aromatic hydroxyl groups is 2. The highest BCUT2D eigenvalue weighted by molar-refractivity contribution is 6.40. The van der Waals surface area contributed by atoms with E-state index in [0.29, 0.717) is 6.42 Å². The molecular formula is C12H14Cl2O4. The van der Waals surface area contributed by atoms with Crippen LogP contribution in [0.1, 0.15) is 36.5 Å². The number of ether oxygens (including phenoxy) is 1. The quantitative estimate of drug-likeness (QED) is 0.811. The molecule has 0 saturated heterocycles. The number of phenols is 2. The molecule has 6 heteroatoms. The van der Waals surface area contributed by atoms with Gasteiger partial charge in [-0.3, -0.25) is 4.79 Å². The van der Waals surface area contributed by atoms with Gasteiger partial charge in [0.05, 0.1) is 7.11 Å². The molecule has 0 aliphatic heterocycles. The van der Waals surface area contributed by atoms with Gasteiger partial charge in [0.2, 0.25) is 0 Å². The van der Waals surface area contributed by atoms with Crippen molar-refractivity contribution in [2.24, 2.45) is 0 Å². The van der Waals surface area contributed by atoms with Crippen molar-refractivity contribution < 1.29 is 19.7 Å². The molecule has 0 aliphatic rings. The normalized spacial score (nSPS) is 10.4. The Morgan fingerprint density at radius 1 is 1.22 bits per heavy atom. The average molecular weight is 293 g/mol. The van der Waals surface area contributed by atoms with Crippen molar-refractivity contribution in [2.75, 3.05) is 7.11 Å². The highest BCUT2D eigenvalue weighted by Gasteiger charge is 2.26. The summed E-state index contributed by atoms with van der Waals surface area (Å²) >= 11 is 11.5. The van der Waals surface area contributed by atoms with Crippen LogP contribution in [0.4, 0.5) is 0 Å². The number of carbonyl (C=O) groups excluding carboxylic acids is 1. The minimum absolute atomic E-state index is 0.0582. The van der Waals surface area contributed by atoms with Crippen LogP contribution in [0.2, 0.25) is 10.0 Å². The van der Waals surface area contributed by atoms with E-state index in [1.54, 1.807) is 0 Å². The standard InChI is InChI=1S/C12H14Cl2O4/c1-3-4-5-6(15)7-10(16)8(13)11(17)9(14)12(7)18-2/h16-17H,3-5H2,1-2H3. The van der Waals surface area contributed by atoms with E-state index in [4.69, 9.17) is 27.9 Å². The SMILES string of the molecule is CCCCC(=O)c1c(O)c(Cl)c(O)c(Cl)c1OC. The van der Waals surface area contributed by atoms with Gasteiger partial charge in [0.1, 0.15) is 15.6 Å². The topological polar surface area (TPSA) is 66.8 Å². The summed E-state index contributed by atoms with van der Waals surface area (Å²) in [6, 6.07) is 0. The van der Waals surface area contributed by atoms with Gasteiger partial charge in [0.25, 0.3) is 0 Å². The van der Waals surface area contributed by atoms with Gasteiger partial charge >= 0.3 is 0 Å². The number of Topliss-reactive ketones (excluding diaryl/α,β-unsaturated/α-hetero) is 1. The third-order valence-corrected chi connectivity index (χ3v) is 3.24. The molecule has 0 saturated carbocycles. The Balaban J connectivity index is 3.37. The third-order valence-electron chi connectivity index (χ3n) is 2.53. The zero-order valence-corrected chi connectivity index (χ0v) is 11.6. The molecule has 0 amide bonds. The molecule has 4 nitrogen and oxygen atoms in total. The lowest BCUT2D eigenvalue weighted by Crippen LogP contribution is -2.04. The first-order valence-corrected chi connectivity index (χ1v) is 6.21. The van der Waals surface area contributed by atoms with Crippen LogP contribution < -0.4 is 4.74 Å². The number of hydrogen-bond acceptors (Lipinski definition) is 4. The largest absolute Gasteiger partial charge is 0.505 e. The highest BCUT2D eigenvalue weighted by Crippen LogP contribution is 2.48. The lowest BCUT2D eigenvalue weighted by atomic mass is 10.0. The molecule has 100 valence electrons. The number of halogens is 2. The predicted molar refractivity (Wildman–Crippen MR) is 70.2 cm³/mol. The molecule has 0 spiro atoms. The molecule has 0 radical (unpaired) electrons. The summed E-state index contributed by atoms with van der Waals surface area (Å²) in [7, 11) is 1.30. The fraction of sp³-hybridized carbons (Fsp3) is 0.417. The van der Waals surface area contributed by atoms with Gasteiger partial charge in [-0.05, 0) is 6.42 Å². The zero-order chi connectivity index (χ0) is 13.9. The first-order chi connectivity index (χ1) is 8.45. The van der Waals surface area contributed by atoms with Gasteiger partial charge in [-0.15, -0.1) is 0 Å². The number of ketones is 1. The second-order valence-corrected chi connectivity index (χ2v) is 4.52. The summed E-state index contributed by atoms with van der Waals surface area (Å²) in [5.41, 5.74) is -0.0845. The molecule has 18 heavy (non-hydrogen) atoms. The van der Waals surface area contributed by atoms with Crippen LogP contribution in [0, 0.1) is 0 Å². The van der Waals surface area contributed by atoms with Crippen LogP contribution in [-0.2, 0) is 0 Å². The monoisotopic (exact) mass is 292 g/mol. The number of benzene rings is 1. The summed E-state index contributed by atoms with van der Waals surface area (Å²) in [5.74, 6) is -1.39. The lowest BCUT2D eigenvalue weighted by molar-refractivity contribution is 0.0974. The molecule has 1 aromatic rings. The maximum absolute atomic E-state index is 12.0. The number of unbranched alkanes of at least 4 members (excludes halogenated alkanes) is 1. The van der Waals surface area contributed by atoms with E-state index in [-0.39, 0.29) is 33.6 Å². The molecule has 0 atom stereocenters. The van der Waals surface area contributed by atoms with E-state index in [1.165, 1.54) is 7.11 Å². The average Bonchev–Trinajstić information content (AvgIpc) is 2.37. The van der Waals surface area contributed by atoms with Crippen molar-refractivity contribution >= 4 is 29.0 Å². The minimum atomic E-state index is -0.503. The Bertz CT molecular complexity index is 472. The maximum Gasteiger partial charge on any atom is 0.170 e. The van der Waals surface area contributed by atoms with E-state index in [2.05, 4.69) is 0 Å². The van der Waals surface area contributed by atoms with Gasteiger partial charge in [0, 0.05) is 6.42 Å². The minimum Gasteiger partial charge on any atom is -0.505 e. The Labute approximate surface area is 115 Å². The summed E-state index contributed by atoms with van der Waals surface area (Å²) in [6.45, 7) is 1.95. The Morgan fingerprint density at radius 3 is 2.33 bits per heavy atom. The molecule has 0 aromatic heterocycles. The smallest absolute Gasteiger partial charge is 0.170 e. The third kappa shape index (κ3) is 2.65. The zero-order valence-electron chi connectivity index (χ0n) is 10.1. The van der Waals surface area contributed by atoms with E-state index in [9.17, 15) is 15.0 Å². The summed E-state index contributed by atoms with van der Waals surface area (Å²) in [6.07, 6.45) is 1.77. The predicted octanol–water partition coefficient (Wildman–Crippen LogP) is 3.79. The lowest BCUT2D eigenvalue weighted by Gasteiger charge is -2.14. The van der Waals surface area contributed by atoms with Crippen LogP contribution in [0.25, 0.3) is 0 Å². The number of phenolic OH excluding ortho intramolecular Hbond substituents is 2. The second-order valence-electron chi connectivity index (χ2n) is 3.76. The molecule has 0 bridgehead atoms. The van der Waals surface area contributed by atoms with Gasteiger partial charge in [-0.1, -0.05) is 36.5 Å². The first-order valence-electron chi connectivity index (χ1n) is 5.45. The van der Waals surface area contributed by atoms with Crippen molar-refractivity contribution in [1.82, 2.24) is 0 Å². The van der Waals surface area contributed by atoms with Crippen molar-refractivity contribution in [2.45, 2.75) is 26.2 Å². The number of rotatable bonds is 5. The summed E-state index contributed by atoms with van der Waals surface area (Å²) in [4.78, 5) is 12.0. The van der Waals surface area contributed by atoms with Crippen molar-refractivity contribution in [3.63, 3.8) is 0 Å². The van der Waals surface area contributed by atoms with Crippen molar-refractivity contribution in [3.8, 4) is 17.2 Å². The van der Waals surface area contributed by atoms with Crippen molar-refractivity contribution in [3.05, 3.63) is 15.6 Å². The van der Waals surface area contributed by atoms with E-state index < -0.39 is 11.5 Å². The van der Waals surface area contributed by atoms with Crippen LogP contribution in [-0.4, -0.2) is 23.1 Å². The molecule has 0 unspecified atom stereocenters. The van der Waals surface area contributed by atoms with E-state index in [1.807, 2.05) is 6.92 Å². The maximum atomic E-state index is 12.0. The molecule has 0 aliphatic carbocycles. The molecule has 1 aromatic carbocycles. The molecular weight excluding hydrogens is 279 g/mol. The van der Waals surface area contributed by atoms with Crippen LogP contribution in [0.5, 0.6) is 17.2 Å². The highest BCUT2D eigenvalue weighted by atomic mass is 35.5. The number of carbonyl (C=O) groups is 1. The molecule has 0 fully saturated rings. The summed E-state index contributed by atoms with van der Waals surface area (Å²) < 4.78 is 4.96. The first kappa shape index (κ1) is 14.9. The van der Waals surface area contributed by atoms with E-state index in [0.717, 1.165) is 6.42 Å². The fourth-order valence-corrected chi connectivity index (χ4v) is 2.06. The Morgan fingerprint density at radius 2 is 1.83 bits per heavy atom. The number of hydrogen-bond donors (Lipinski definition) is 2. The molecule has 2 N–H and O–H groups in total. The Hall–Kier alpha value is -1.13. The number of methoxy groups -OCH3 is 1. The molecule has 0 heterocycles. The van der Waals surface area contributed by atoms with Gasteiger partial charge in [-0.25, -0.2) is 0 Å². The van der Waals surface area contributed by atoms with Crippen molar-refractivity contribution in [1.29, 1.82) is 0 Å². The van der Waals surface area contributed by atoms with Gasteiger partial charge in [0.15, 0.2) is 23.0 Å². The van der Waals surface area contributed by atoms with Crippen LogP contribution in [0.3, 0.4) is 0 Å².